The molecule has 0 bridgehead atoms. The monoisotopic (exact) mass is 456 g/mol. The van der Waals surface area contributed by atoms with Crippen LogP contribution in [-0.2, 0) is 16.1 Å². The normalized spacial score (nSPS) is 33.0. The average Bonchev–Trinajstić information content (AvgIpc) is 2.73. The average molecular weight is 457 g/mol. The first-order chi connectivity index (χ1) is 15.4. The molecule has 7 unspecified atom stereocenters. The Morgan fingerprint density at radius 3 is 2.42 bits per heavy atom. The van der Waals surface area contributed by atoms with Crippen molar-refractivity contribution < 1.29 is 14.7 Å². The molecule has 0 aliphatic heterocycles. The number of aliphatic hydroxyl groups is 1. The molecule has 0 spiro atoms. The van der Waals surface area contributed by atoms with E-state index in [1.807, 2.05) is 37.3 Å². The van der Waals surface area contributed by atoms with Crippen LogP contribution < -0.4 is 10.6 Å². The largest absolute Gasteiger partial charge is 0.392 e. The van der Waals surface area contributed by atoms with Crippen LogP contribution in [0.4, 0.5) is 0 Å². The minimum Gasteiger partial charge on any atom is -0.392 e. The molecule has 0 aromatic heterocycles. The van der Waals surface area contributed by atoms with Crippen LogP contribution in [0.5, 0.6) is 0 Å². The molecule has 2 aliphatic rings. The molecule has 1 aromatic rings. The molecule has 7 atom stereocenters. The number of carbonyl (C=O) groups excluding carboxylic acids is 2. The van der Waals surface area contributed by atoms with Gasteiger partial charge in [0, 0.05) is 24.9 Å². The fourth-order valence-corrected chi connectivity index (χ4v) is 6.38. The molecule has 0 saturated heterocycles. The predicted octanol–water partition coefficient (Wildman–Crippen LogP) is 4.68. The molecular weight excluding hydrogens is 412 g/mol. The predicted molar refractivity (Wildman–Crippen MR) is 132 cm³/mol. The number of carbonyl (C=O) groups is 2. The molecule has 3 rings (SSSR count). The van der Waals surface area contributed by atoms with Crippen LogP contribution in [0, 0.1) is 34.5 Å². The molecule has 5 nitrogen and oxygen atoms in total. The van der Waals surface area contributed by atoms with Crippen molar-refractivity contribution in [2.75, 3.05) is 0 Å². The quantitative estimate of drug-likeness (QED) is 0.581. The highest BCUT2D eigenvalue weighted by atomic mass is 16.3. The molecule has 2 aliphatic carbocycles. The van der Waals surface area contributed by atoms with Gasteiger partial charge in [0.05, 0.1) is 6.10 Å². The van der Waals surface area contributed by atoms with Crippen molar-refractivity contribution in [2.45, 2.75) is 92.3 Å². The van der Waals surface area contributed by atoms with E-state index in [-0.39, 0.29) is 52.4 Å². The van der Waals surface area contributed by atoms with Crippen LogP contribution in [0.3, 0.4) is 0 Å². The third kappa shape index (κ3) is 6.17. The standard InChI is InChI=1S/C28H44N2O3/c1-18(26(33)29-17-20-10-8-7-9-11-20)21-12-14-28(6)15-13-22(19(2)24(28)25(21)32)30-23(31)16-27(3,4)5/h7-11,18-19,21-22,24-25,32H,12-17H2,1-6H3,(H,29,33)(H,30,31). The van der Waals surface area contributed by atoms with E-state index in [2.05, 4.69) is 45.3 Å². The number of nitrogens with one attached hydrogen (secondary N) is 2. The summed E-state index contributed by atoms with van der Waals surface area (Å²) in [6.45, 7) is 13.2. The van der Waals surface area contributed by atoms with Crippen molar-refractivity contribution in [3.8, 4) is 0 Å². The summed E-state index contributed by atoms with van der Waals surface area (Å²) in [5.74, 6) is 0.0319. The lowest BCUT2D eigenvalue weighted by Gasteiger charge is -2.56. The van der Waals surface area contributed by atoms with Gasteiger partial charge >= 0.3 is 0 Å². The maximum atomic E-state index is 12.9. The number of hydrogen-bond donors (Lipinski definition) is 3. The molecular formula is C28H44N2O3. The first-order valence-corrected chi connectivity index (χ1v) is 12.7. The zero-order valence-corrected chi connectivity index (χ0v) is 21.4. The molecule has 2 fully saturated rings. The van der Waals surface area contributed by atoms with Crippen LogP contribution in [-0.4, -0.2) is 29.1 Å². The van der Waals surface area contributed by atoms with E-state index in [1.165, 1.54) is 0 Å². The first kappa shape index (κ1) is 25.7. The minimum absolute atomic E-state index is 0.00463. The molecule has 5 heteroatoms. The molecule has 1 aromatic carbocycles. The van der Waals surface area contributed by atoms with E-state index in [1.54, 1.807) is 0 Å². The van der Waals surface area contributed by atoms with Gasteiger partial charge in [-0.3, -0.25) is 9.59 Å². The van der Waals surface area contributed by atoms with Gasteiger partial charge in [-0.1, -0.05) is 71.9 Å². The lowest BCUT2D eigenvalue weighted by molar-refractivity contribution is -0.144. The van der Waals surface area contributed by atoms with Gasteiger partial charge in [-0.15, -0.1) is 0 Å². The van der Waals surface area contributed by atoms with Crippen molar-refractivity contribution in [2.24, 2.45) is 34.5 Å². The second-order valence-electron chi connectivity index (χ2n) is 12.2. The van der Waals surface area contributed by atoms with Gasteiger partial charge in [0.15, 0.2) is 0 Å². The number of fused-ring (bicyclic) bond motifs is 1. The Bertz CT molecular complexity index is 818. The molecule has 3 N–H and O–H groups in total. The lowest BCUT2D eigenvalue weighted by atomic mass is 9.51. The van der Waals surface area contributed by atoms with Gasteiger partial charge in [0.1, 0.15) is 0 Å². The number of aliphatic hydroxyl groups excluding tert-OH is 1. The Kier molecular flexibility index (Phi) is 7.93. The molecule has 2 saturated carbocycles. The summed E-state index contributed by atoms with van der Waals surface area (Å²) in [6.07, 6.45) is 3.79. The molecule has 33 heavy (non-hydrogen) atoms. The third-order valence-corrected chi connectivity index (χ3v) is 8.29. The van der Waals surface area contributed by atoms with Crippen LogP contribution in [0.15, 0.2) is 30.3 Å². The van der Waals surface area contributed by atoms with Crippen molar-refractivity contribution >= 4 is 11.8 Å². The Labute approximate surface area is 200 Å². The van der Waals surface area contributed by atoms with E-state index in [9.17, 15) is 14.7 Å². The maximum absolute atomic E-state index is 12.9. The van der Waals surface area contributed by atoms with E-state index in [0.29, 0.717) is 13.0 Å². The highest BCUT2D eigenvalue weighted by molar-refractivity contribution is 5.78. The Morgan fingerprint density at radius 1 is 1.15 bits per heavy atom. The van der Waals surface area contributed by atoms with E-state index < -0.39 is 6.10 Å². The summed E-state index contributed by atoms with van der Waals surface area (Å²) < 4.78 is 0. The van der Waals surface area contributed by atoms with Gasteiger partial charge in [-0.05, 0) is 59.8 Å². The van der Waals surface area contributed by atoms with Crippen LogP contribution >= 0.6 is 0 Å². The van der Waals surface area contributed by atoms with E-state index in [0.717, 1.165) is 31.2 Å². The zero-order chi connectivity index (χ0) is 24.4. The molecule has 184 valence electrons. The second kappa shape index (κ2) is 10.2. The number of hydrogen-bond acceptors (Lipinski definition) is 3. The van der Waals surface area contributed by atoms with Gasteiger partial charge in [-0.2, -0.15) is 0 Å². The fraction of sp³-hybridized carbons (Fsp3) is 0.714. The SMILES string of the molecule is CC(C(=O)NCc1ccccc1)C1CCC2(C)CCC(NC(=O)CC(C)(C)C)C(C)C2C1O. The number of rotatable bonds is 6. The van der Waals surface area contributed by atoms with E-state index >= 15 is 0 Å². The van der Waals surface area contributed by atoms with Gasteiger partial charge in [0.25, 0.3) is 0 Å². The third-order valence-electron chi connectivity index (χ3n) is 8.29. The first-order valence-electron chi connectivity index (χ1n) is 12.7. The lowest BCUT2D eigenvalue weighted by Crippen LogP contribution is -2.58. The molecule has 0 heterocycles. The topological polar surface area (TPSA) is 78.4 Å². The second-order valence-corrected chi connectivity index (χ2v) is 12.2. The van der Waals surface area contributed by atoms with Crippen molar-refractivity contribution in [3.05, 3.63) is 35.9 Å². The summed E-state index contributed by atoms with van der Waals surface area (Å²) in [5.41, 5.74) is 1.08. The Hall–Kier alpha value is -1.88. The van der Waals surface area contributed by atoms with Crippen LogP contribution in [0.25, 0.3) is 0 Å². The van der Waals surface area contributed by atoms with Crippen LogP contribution in [0.2, 0.25) is 0 Å². The highest BCUT2D eigenvalue weighted by Gasteiger charge is 2.53. The Morgan fingerprint density at radius 2 is 1.79 bits per heavy atom. The number of benzene rings is 1. The Balaban J connectivity index is 1.65. The maximum Gasteiger partial charge on any atom is 0.223 e. The van der Waals surface area contributed by atoms with Gasteiger partial charge in [0.2, 0.25) is 11.8 Å². The summed E-state index contributed by atoms with van der Waals surface area (Å²) in [7, 11) is 0. The van der Waals surface area contributed by atoms with Gasteiger partial charge in [-0.25, -0.2) is 0 Å². The van der Waals surface area contributed by atoms with Crippen molar-refractivity contribution in [1.82, 2.24) is 10.6 Å². The smallest absolute Gasteiger partial charge is 0.223 e. The summed E-state index contributed by atoms with van der Waals surface area (Å²) in [5, 5.41) is 17.9. The fourth-order valence-electron chi connectivity index (χ4n) is 6.38. The molecule has 2 amide bonds. The van der Waals surface area contributed by atoms with Gasteiger partial charge < -0.3 is 15.7 Å². The number of amides is 2. The molecule has 0 radical (unpaired) electrons. The van der Waals surface area contributed by atoms with Crippen molar-refractivity contribution in [1.29, 1.82) is 0 Å². The van der Waals surface area contributed by atoms with Crippen LogP contribution in [0.1, 0.15) is 79.2 Å². The zero-order valence-electron chi connectivity index (χ0n) is 21.4. The van der Waals surface area contributed by atoms with E-state index in [4.69, 9.17) is 0 Å². The highest BCUT2D eigenvalue weighted by Crippen LogP contribution is 2.55. The summed E-state index contributed by atoms with van der Waals surface area (Å²) in [4.78, 5) is 25.6. The van der Waals surface area contributed by atoms with Crippen molar-refractivity contribution in [3.63, 3.8) is 0 Å². The summed E-state index contributed by atoms with van der Waals surface area (Å²) in [6, 6.07) is 9.99. The summed E-state index contributed by atoms with van der Waals surface area (Å²) >= 11 is 0. The minimum atomic E-state index is -0.543.